The summed E-state index contributed by atoms with van der Waals surface area (Å²) in [6.45, 7) is 2.03. The zero-order valence-electron chi connectivity index (χ0n) is 12.2. The van der Waals surface area contributed by atoms with E-state index < -0.39 is 0 Å². The van der Waals surface area contributed by atoms with Gasteiger partial charge in [0.05, 0.1) is 5.69 Å². The van der Waals surface area contributed by atoms with Crippen molar-refractivity contribution >= 4 is 11.6 Å². The summed E-state index contributed by atoms with van der Waals surface area (Å²) in [6, 6.07) is 9.73. The number of hydrogen-bond donors (Lipinski definition) is 1. The number of carbonyl (C=O) groups is 1. The van der Waals surface area contributed by atoms with Crippen molar-refractivity contribution in [3.63, 3.8) is 0 Å². The van der Waals surface area contributed by atoms with Crippen LogP contribution in [0, 0.1) is 12.8 Å². The molecule has 0 radical (unpaired) electrons. The Hall–Kier alpha value is -2.23. The Labute approximate surface area is 124 Å². The Morgan fingerprint density at radius 1 is 1.24 bits per heavy atom. The van der Waals surface area contributed by atoms with E-state index in [0.717, 1.165) is 48.2 Å². The summed E-state index contributed by atoms with van der Waals surface area (Å²) in [5.74, 6) is 0.313. The number of aromatic nitrogens is 2. The minimum atomic E-state index is 0.140. The number of nitrogens with zero attached hydrogens (tertiary/aromatic N) is 2. The van der Waals surface area contributed by atoms with Crippen LogP contribution in [0.5, 0.6) is 0 Å². The minimum Gasteiger partial charge on any atom is -0.326 e. The molecule has 1 aromatic carbocycles. The van der Waals surface area contributed by atoms with Gasteiger partial charge in [0.1, 0.15) is 0 Å². The van der Waals surface area contributed by atoms with Gasteiger partial charge in [-0.25, -0.2) is 0 Å². The molecule has 1 aromatic heterocycles. The van der Waals surface area contributed by atoms with Crippen LogP contribution in [0.15, 0.2) is 36.5 Å². The first-order chi connectivity index (χ1) is 10.2. The summed E-state index contributed by atoms with van der Waals surface area (Å²) in [6.07, 6.45) is 6.00. The highest BCUT2D eigenvalue weighted by Crippen LogP contribution is 2.28. The summed E-state index contributed by atoms with van der Waals surface area (Å²) >= 11 is 0. The predicted octanol–water partition coefficient (Wildman–Crippen LogP) is 3.58. The molecule has 1 N–H and O–H groups in total. The van der Waals surface area contributed by atoms with E-state index in [1.807, 2.05) is 37.3 Å². The number of aryl methyl sites for hydroxylation is 1. The van der Waals surface area contributed by atoms with Gasteiger partial charge in [-0.3, -0.25) is 4.79 Å². The van der Waals surface area contributed by atoms with Crippen molar-refractivity contribution in [2.75, 3.05) is 5.32 Å². The maximum atomic E-state index is 12.2. The molecule has 0 saturated heterocycles. The van der Waals surface area contributed by atoms with Crippen molar-refractivity contribution in [2.45, 2.75) is 32.6 Å². The SMILES string of the molecule is Cc1ccc(NC(=O)C2CCCC2)cc1-c1cccnn1. The standard InChI is InChI=1S/C17H19N3O/c1-12-8-9-14(19-17(21)13-5-2-3-6-13)11-15(12)16-7-4-10-18-20-16/h4,7-11,13H,2-3,5-6H2,1H3,(H,19,21). The predicted molar refractivity (Wildman–Crippen MR) is 82.8 cm³/mol. The van der Waals surface area contributed by atoms with Gasteiger partial charge < -0.3 is 5.32 Å². The lowest BCUT2D eigenvalue weighted by Gasteiger charge is -2.12. The molecule has 21 heavy (non-hydrogen) atoms. The molecule has 0 aliphatic heterocycles. The van der Waals surface area contributed by atoms with E-state index >= 15 is 0 Å². The molecule has 0 spiro atoms. The summed E-state index contributed by atoms with van der Waals surface area (Å²) in [5.41, 5.74) is 3.78. The summed E-state index contributed by atoms with van der Waals surface area (Å²) in [7, 11) is 0. The molecule has 0 unspecified atom stereocenters. The van der Waals surface area contributed by atoms with Crippen molar-refractivity contribution in [2.24, 2.45) is 5.92 Å². The highest BCUT2D eigenvalue weighted by atomic mass is 16.1. The molecule has 1 saturated carbocycles. The van der Waals surface area contributed by atoms with Gasteiger partial charge in [-0.15, -0.1) is 0 Å². The highest BCUT2D eigenvalue weighted by Gasteiger charge is 2.22. The Morgan fingerprint density at radius 3 is 2.76 bits per heavy atom. The third-order valence-corrected chi connectivity index (χ3v) is 4.08. The van der Waals surface area contributed by atoms with E-state index in [4.69, 9.17) is 0 Å². The van der Waals surface area contributed by atoms with Crippen LogP contribution in [-0.4, -0.2) is 16.1 Å². The van der Waals surface area contributed by atoms with Gasteiger partial charge in [0.25, 0.3) is 0 Å². The first-order valence-corrected chi connectivity index (χ1v) is 7.43. The lowest BCUT2D eigenvalue weighted by molar-refractivity contribution is -0.119. The van der Waals surface area contributed by atoms with Crippen molar-refractivity contribution in [1.29, 1.82) is 0 Å². The third-order valence-electron chi connectivity index (χ3n) is 4.08. The van der Waals surface area contributed by atoms with Crippen molar-refractivity contribution in [1.82, 2.24) is 10.2 Å². The number of rotatable bonds is 3. The lowest BCUT2D eigenvalue weighted by atomic mass is 10.0. The normalized spacial score (nSPS) is 15.1. The molecular formula is C17H19N3O. The summed E-state index contributed by atoms with van der Waals surface area (Å²) in [5, 5.41) is 11.1. The Balaban J connectivity index is 1.82. The zero-order chi connectivity index (χ0) is 14.7. The lowest BCUT2D eigenvalue weighted by Crippen LogP contribution is -2.20. The first kappa shape index (κ1) is 13.7. The van der Waals surface area contributed by atoms with Crippen LogP contribution >= 0.6 is 0 Å². The Kier molecular flexibility index (Phi) is 3.95. The van der Waals surface area contributed by atoms with Crippen LogP contribution in [0.4, 0.5) is 5.69 Å². The molecule has 0 bridgehead atoms. The molecule has 4 heteroatoms. The van der Waals surface area contributed by atoms with E-state index in [9.17, 15) is 4.79 Å². The zero-order valence-corrected chi connectivity index (χ0v) is 12.2. The largest absolute Gasteiger partial charge is 0.326 e. The fourth-order valence-corrected chi connectivity index (χ4v) is 2.85. The quantitative estimate of drug-likeness (QED) is 0.935. The van der Waals surface area contributed by atoms with Crippen molar-refractivity contribution in [3.05, 3.63) is 42.1 Å². The summed E-state index contributed by atoms with van der Waals surface area (Å²) in [4.78, 5) is 12.2. The molecule has 1 heterocycles. The molecule has 4 nitrogen and oxygen atoms in total. The second-order valence-electron chi connectivity index (χ2n) is 5.61. The van der Waals surface area contributed by atoms with Gasteiger partial charge in [-0.1, -0.05) is 18.9 Å². The number of nitrogens with one attached hydrogen (secondary N) is 1. The fourth-order valence-electron chi connectivity index (χ4n) is 2.85. The third kappa shape index (κ3) is 3.10. The van der Waals surface area contributed by atoms with Crippen LogP contribution in [0.25, 0.3) is 11.3 Å². The Morgan fingerprint density at radius 2 is 2.05 bits per heavy atom. The number of amides is 1. The van der Waals surface area contributed by atoms with Crippen LogP contribution in [-0.2, 0) is 4.79 Å². The molecule has 1 fully saturated rings. The molecule has 0 atom stereocenters. The maximum Gasteiger partial charge on any atom is 0.227 e. The molecule has 1 amide bonds. The van der Waals surface area contributed by atoms with Crippen LogP contribution in [0.3, 0.4) is 0 Å². The Bertz CT molecular complexity index is 634. The van der Waals surface area contributed by atoms with E-state index in [1.54, 1.807) is 6.20 Å². The van der Waals surface area contributed by atoms with E-state index in [0.29, 0.717) is 0 Å². The average molecular weight is 281 g/mol. The van der Waals surface area contributed by atoms with Gasteiger partial charge in [0.2, 0.25) is 5.91 Å². The van der Waals surface area contributed by atoms with E-state index in [1.165, 1.54) is 0 Å². The second kappa shape index (κ2) is 6.04. The molecule has 1 aliphatic rings. The van der Waals surface area contributed by atoms with Crippen LogP contribution < -0.4 is 5.32 Å². The molecular weight excluding hydrogens is 262 g/mol. The van der Waals surface area contributed by atoms with Gasteiger partial charge in [-0.05, 0) is 49.6 Å². The number of anilines is 1. The van der Waals surface area contributed by atoms with Crippen LogP contribution in [0.2, 0.25) is 0 Å². The number of carbonyl (C=O) groups excluding carboxylic acids is 1. The van der Waals surface area contributed by atoms with Crippen molar-refractivity contribution in [3.8, 4) is 11.3 Å². The number of benzene rings is 1. The van der Waals surface area contributed by atoms with Crippen LogP contribution in [0.1, 0.15) is 31.2 Å². The maximum absolute atomic E-state index is 12.2. The monoisotopic (exact) mass is 281 g/mol. The first-order valence-electron chi connectivity index (χ1n) is 7.43. The van der Waals surface area contributed by atoms with Gasteiger partial charge in [-0.2, -0.15) is 10.2 Å². The highest BCUT2D eigenvalue weighted by molar-refractivity contribution is 5.93. The fraction of sp³-hybridized carbons (Fsp3) is 0.353. The molecule has 3 rings (SSSR count). The van der Waals surface area contributed by atoms with E-state index in [2.05, 4.69) is 15.5 Å². The van der Waals surface area contributed by atoms with Gasteiger partial charge >= 0.3 is 0 Å². The van der Waals surface area contributed by atoms with Crippen molar-refractivity contribution < 1.29 is 4.79 Å². The van der Waals surface area contributed by atoms with E-state index in [-0.39, 0.29) is 11.8 Å². The smallest absolute Gasteiger partial charge is 0.227 e. The molecule has 108 valence electrons. The molecule has 1 aliphatic carbocycles. The summed E-state index contributed by atoms with van der Waals surface area (Å²) < 4.78 is 0. The van der Waals surface area contributed by atoms with Gasteiger partial charge in [0.15, 0.2) is 0 Å². The number of hydrogen-bond acceptors (Lipinski definition) is 3. The molecule has 2 aromatic rings. The van der Waals surface area contributed by atoms with Gasteiger partial charge in [0, 0.05) is 23.4 Å². The minimum absolute atomic E-state index is 0.140. The average Bonchev–Trinajstić information content (AvgIpc) is 3.04. The second-order valence-corrected chi connectivity index (χ2v) is 5.61. The topological polar surface area (TPSA) is 54.9 Å².